The lowest BCUT2D eigenvalue weighted by Gasteiger charge is -2.17. The van der Waals surface area contributed by atoms with Crippen molar-refractivity contribution in [2.45, 2.75) is 13.0 Å². The van der Waals surface area contributed by atoms with Crippen molar-refractivity contribution in [3.8, 4) is 0 Å². The number of aliphatic hydroxyl groups is 1. The zero-order chi connectivity index (χ0) is 9.07. The largest absolute Gasteiger partial charge is 0.392 e. The van der Waals surface area contributed by atoms with Crippen LogP contribution in [0.15, 0.2) is 0 Å². The highest BCUT2D eigenvalue weighted by Crippen LogP contribution is 1.93. The molecule has 11 heavy (non-hydrogen) atoms. The summed E-state index contributed by atoms with van der Waals surface area (Å²) in [6.07, 6.45) is -0.650. The first-order chi connectivity index (χ1) is 4.90. The Labute approximate surface area is 67.2 Å². The molecule has 0 saturated heterocycles. The van der Waals surface area contributed by atoms with Crippen LogP contribution in [0.2, 0.25) is 0 Å². The molecule has 0 aliphatic heterocycles. The number of likely N-dealkylation sites (N-methyl/N-ethyl adjacent to an activating group) is 1. The van der Waals surface area contributed by atoms with E-state index in [0.717, 1.165) is 4.31 Å². The van der Waals surface area contributed by atoms with Crippen LogP contribution in [0, 0.1) is 0 Å². The summed E-state index contributed by atoms with van der Waals surface area (Å²) in [5.41, 5.74) is 0. The lowest BCUT2D eigenvalue weighted by atomic mass is 10.4. The molecule has 2 N–H and O–H groups in total. The van der Waals surface area contributed by atoms with Gasteiger partial charge in [-0.3, -0.25) is 0 Å². The zero-order valence-electron chi connectivity index (χ0n) is 6.90. The molecule has 0 amide bonds. The number of nitrogens with zero attached hydrogens (tertiary/aromatic N) is 1. The van der Waals surface area contributed by atoms with Crippen LogP contribution in [-0.4, -0.2) is 44.6 Å². The first-order valence-electron chi connectivity index (χ1n) is 3.23. The summed E-state index contributed by atoms with van der Waals surface area (Å²) in [5, 5.41) is 8.85. The van der Waals surface area contributed by atoms with E-state index in [1.165, 1.54) is 21.0 Å². The molecule has 0 radical (unpaired) electrons. The number of hydrogen-bond donors (Lipinski definition) is 2. The molecule has 0 bridgehead atoms. The van der Waals surface area contributed by atoms with Crippen LogP contribution in [0.4, 0.5) is 0 Å². The molecule has 0 unspecified atom stereocenters. The van der Waals surface area contributed by atoms with E-state index < -0.39 is 16.3 Å². The van der Waals surface area contributed by atoms with Crippen LogP contribution in [-0.2, 0) is 10.2 Å². The Bertz CT molecular complexity index is 200. The van der Waals surface area contributed by atoms with Gasteiger partial charge in [0, 0.05) is 20.6 Å². The standard InChI is InChI=1S/C5H14N2O3S/c1-5(8)4-7(3)11(9,10)6-2/h5-6,8H,4H2,1-3H3/t5-/m1/s1. The second-order valence-electron chi connectivity index (χ2n) is 2.34. The fraction of sp³-hybridized carbons (Fsp3) is 1.00. The van der Waals surface area contributed by atoms with Crippen molar-refractivity contribution >= 4 is 10.2 Å². The summed E-state index contributed by atoms with van der Waals surface area (Å²) in [6.45, 7) is 1.63. The maximum Gasteiger partial charge on any atom is 0.279 e. The molecular weight excluding hydrogens is 168 g/mol. The highest BCUT2D eigenvalue weighted by molar-refractivity contribution is 7.87. The molecule has 0 aliphatic carbocycles. The van der Waals surface area contributed by atoms with Crippen LogP contribution < -0.4 is 4.72 Å². The second-order valence-corrected chi connectivity index (χ2v) is 4.32. The van der Waals surface area contributed by atoms with E-state index in [2.05, 4.69) is 4.72 Å². The van der Waals surface area contributed by atoms with E-state index >= 15 is 0 Å². The summed E-state index contributed by atoms with van der Waals surface area (Å²) < 4.78 is 25.1. The Balaban J connectivity index is 4.14. The lowest BCUT2D eigenvalue weighted by molar-refractivity contribution is 0.170. The van der Waals surface area contributed by atoms with Crippen LogP contribution in [0.25, 0.3) is 0 Å². The third kappa shape index (κ3) is 3.66. The average molecular weight is 182 g/mol. The van der Waals surface area contributed by atoms with Crippen molar-refractivity contribution in [3.63, 3.8) is 0 Å². The number of hydrogen-bond acceptors (Lipinski definition) is 3. The maximum absolute atomic E-state index is 10.9. The highest BCUT2D eigenvalue weighted by atomic mass is 32.2. The van der Waals surface area contributed by atoms with Crippen molar-refractivity contribution in [2.75, 3.05) is 20.6 Å². The van der Waals surface area contributed by atoms with E-state index in [-0.39, 0.29) is 6.54 Å². The van der Waals surface area contributed by atoms with Gasteiger partial charge in [-0.05, 0) is 6.92 Å². The molecule has 1 atom stereocenters. The minimum Gasteiger partial charge on any atom is -0.392 e. The monoisotopic (exact) mass is 182 g/mol. The molecule has 0 spiro atoms. The summed E-state index contributed by atoms with van der Waals surface area (Å²) in [4.78, 5) is 0. The molecule has 0 aromatic carbocycles. The Hall–Kier alpha value is -0.170. The minimum atomic E-state index is -3.37. The summed E-state index contributed by atoms with van der Waals surface area (Å²) in [7, 11) is -0.641. The summed E-state index contributed by atoms with van der Waals surface area (Å²) in [5.74, 6) is 0. The fourth-order valence-electron chi connectivity index (χ4n) is 0.626. The first-order valence-corrected chi connectivity index (χ1v) is 4.67. The van der Waals surface area contributed by atoms with E-state index in [1.807, 2.05) is 0 Å². The van der Waals surface area contributed by atoms with Crippen molar-refractivity contribution in [3.05, 3.63) is 0 Å². The Morgan fingerprint density at radius 2 is 2.09 bits per heavy atom. The highest BCUT2D eigenvalue weighted by Gasteiger charge is 2.15. The third-order valence-corrected chi connectivity index (χ3v) is 2.68. The van der Waals surface area contributed by atoms with E-state index in [1.54, 1.807) is 0 Å². The van der Waals surface area contributed by atoms with Gasteiger partial charge in [0.25, 0.3) is 10.2 Å². The molecule has 0 aromatic rings. The van der Waals surface area contributed by atoms with Gasteiger partial charge in [0.1, 0.15) is 0 Å². The molecule has 6 heteroatoms. The first kappa shape index (κ1) is 10.8. The lowest BCUT2D eigenvalue weighted by Crippen LogP contribution is -2.39. The van der Waals surface area contributed by atoms with Gasteiger partial charge in [-0.1, -0.05) is 0 Å². The Morgan fingerprint density at radius 1 is 1.64 bits per heavy atom. The number of aliphatic hydroxyl groups excluding tert-OH is 1. The zero-order valence-corrected chi connectivity index (χ0v) is 7.72. The molecule has 0 aromatic heterocycles. The van der Waals surface area contributed by atoms with Gasteiger partial charge in [-0.25, -0.2) is 4.72 Å². The summed E-state index contributed by atoms with van der Waals surface area (Å²) >= 11 is 0. The van der Waals surface area contributed by atoms with Gasteiger partial charge < -0.3 is 5.11 Å². The molecule has 0 rings (SSSR count). The predicted octanol–water partition coefficient (Wildman–Crippen LogP) is -1.24. The Morgan fingerprint density at radius 3 is 2.36 bits per heavy atom. The van der Waals surface area contributed by atoms with Crippen LogP contribution in [0.3, 0.4) is 0 Å². The predicted molar refractivity (Wildman–Crippen MR) is 42.3 cm³/mol. The van der Waals surface area contributed by atoms with Crippen LogP contribution in [0.1, 0.15) is 6.92 Å². The number of nitrogens with one attached hydrogen (secondary N) is 1. The Kier molecular flexibility index (Phi) is 3.95. The van der Waals surface area contributed by atoms with Crippen LogP contribution in [0.5, 0.6) is 0 Å². The van der Waals surface area contributed by atoms with Gasteiger partial charge in [0.15, 0.2) is 0 Å². The minimum absolute atomic E-state index is 0.100. The second kappa shape index (κ2) is 4.01. The quantitative estimate of drug-likeness (QED) is 0.571. The average Bonchev–Trinajstić information content (AvgIpc) is 1.86. The molecule has 0 fully saturated rings. The van der Waals surface area contributed by atoms with Crippen molar-refractivity contribution in [2.24, 2.45) is 0 Å². The van der Waals surface area contributed by atoms with Gasteiger partial charge in [-0.15, -0.1) is 0 Å². The molecule has 0 saturated carbocycles. The number of rotatable bonds is 4. The van der Waals surface area contributed by atoms with Crippen molar-refractivity contribution in [1.29, 1.82) is 0 Å². The van der Waals surface area contributed by atoms with Gasteiger partial charge in [0.05, 0.1) is 6.10 Å². The SMILES string of the molecule is CNS(=O)(=O)N(C)C[C@@H](C)O. The molecule has 0 heterocycles. The van der Waals surface area contributed by atoms with E-state index in [4.69, 9.17) is 5.11 Å². The molecule has 68 valence electrons. The van der Waals surface area contributed by atoms with Gasteiger partial charge >= 0.3 is 0 Å². The van der Waals surface area contributed by atoms with Crippen molar-refractivity contribution < 1.29 is 13.5 Å². The topological polar surface area (TPSA) is 69.6 Å². The third-order valence-electron chi connectivity index (χ3n) is 1.19. The normalized spacial score (nSPS) is 15.4. The summed E-state index contributed by atoms with van der Waals surface area (Å²) in [6, 6.07) is 0. The van der Waals surface area contributed by atoms with E-state index in [9.17, 15) is 8.42 Å². The molecule has 0 aliphatic rings. The fourth-order valence-corrected chi connectivity index (χ4v) is 1.35. The molecule has 5 nitrogen and oxygen atoms in total. The van der Waals surface area contributed by atoms with E-state index in [0.29, 0.717) is 0 Å². The van der Waals surface area contributed by atoms with Gasteiger partial charge in [0.2, 0.25) is 0 Å². The smallest absolute Gasteiger partial charge is 0.279 e. The van der Waals surface area contributed by atoms with Crippen molar-refractivity contribution in [1.82, 2.24) is 9.03 Å². The maximum atomic E-state index is 10.9. The molecular formula is C5H14N2O3S. The van der Waals surface area contributed by atoms with Crippen LogP contribution >= 0.6 is 0 Å². The van der Waals surface area contributed by atoms with Gasteiger partial charge in [-0.2, -0.15) is 12.7 Å².